The van der Waals surface area contributed by atoms with E-state index in [0.717, 1.165) is 25.7 Å². The van der Waals surface area contributed by atoms with Crippen molar-refractivity contribution in [1.82, 2.24) is 0 Å². The average molecular weight is 312 g/mol. The minimum atomic E-state index is -3.75. The lowest BCUT2D eigenvalue weighted by Crippen LogP contribution is -2.27. The fourth-order valence-electron chi connectivity index (χ4n) is 2.12. The largest absolute Gasteiger partial charge is 0.493 e. The molecule has 1 aromatic carbocycles. The lowest BCUT2D eigenvalue weighted by molar-refractivity contribution is 0.304. The second kappa shape index (κ2) is 6.77. The Balaban J connectivity index is 2.03. The van der Waals surface area contributed by atoms with Crippen molar-refractivity contribution in [3.63, 3.8) is 0 Å². The lowest BCUT2D eigenvalue weighted by Gasteiger charge is -2.19. The number of ether oxygens (including phenoxy) is 1. The Morgan fingerprint density at radius 2 is 1.95 bits per heavy atom. The van der Waals surface area contributed by atoms with Crippen LogP contribution in [-0.4, -0.2) is 27.4 Å². The van der Waals surface area contributed by atoms with Gasteiger partial charge in [-0.05, 0) is 31.5 Å². The maximum atomic E-state index is 11.5. The molecule has 0 fully saturated rings. The van der Waals surface area contributed by atoms with E-state index < -0.39 is 10.2 Å². The quantitative estimate of drug-likeness (QED) is 0.648. The van der Waals surface area contributed by atoms with Gasteiger partial charge in [-0.25, -0.2) is 0 Å². The van der Waals surface area contributed by atoms with E-state index in [9.17, 15) is 8.42 Å². The van der Waals surface area contributed by atoms with Crippen molar-refractivity contribution in [3.05, 3.63) is 23.8 Å². The monoisotopic (exact) mass is 312 g/mol. The predicted molar refractivity (Wildman–Crippen MR) is 82.7 cm³/mol. The molecule has 0 unspecified atom stereocenters. The van der Waals surface area contributed by atoms with Gasteiger partial charge in [0.25, 0.3) is 0 Å². The molecule has 0 amide bonds. The van der Waals surface area contributed by atoms with Gasteiger partial charge >= 0.3 is 10.2 Å². The normalized spacial score (nSPS) is 15.8. The van der Waals surface area contributed by atoms with Gasteiger partial charge in [0, 0.05) is 0 Å². The summed E-state index contributed by atoms with van der Waals surface area (Å²) in [5.74, 6) is 0.484. The van der Waals surface area contributed by atoms with E-state index in [1.54, 1.807) is 18.2 Å². The molecule has 0 atom stereocenters. The van der Waals surface area contributed by atoms with E-state index in [2.05, 4.69) is 9.12 Å². The summed E-state index contributed by atoms with van der Waals surface area (Å²) in [6.45, 7) is 1.25. The zero-order chi connectivity index (χ0) is 15.3. The number of nitrogens with zero attached hydrogens (tertiary/aromatic N) is 1. The van der Waals surface area contributed by atoms with Crippen molar-refractivity contribution in [2.75, 3.05) is 17.9 Å². The van der Waals surface area contributed by atoms with Crippen LogP contribution in [0.15, 0.2) is 22.6 Å². The molecular weight excluding hydrogens is 292 g/mol. The molecule has 0 saturated carbocycles. The van der Waals surface area contributed by atoms with Gasteiger partial charge in [-0.1, -0.05) is 18.9 Å². The van der Waals surface area contributed by atoms with Crippen molar-refractivity contribution in [3.8, 4) is 5.75 Å². The molecule has 116 valence electrons. The van der Waals surface area contributed by atoms with E-state index in [1.165, 1.54) is 0 Å². The molecule has 0 saturated heterocycles. The van der Waals surface area contributed by atoms with Crippen molar-refractivity contribution in [1.29, 1.82) is 0 Å². The highest BCUT2D eigenvalue weighted by Gasteiger charge is 2.24. The first-order valence-corrected chi connectivity index (χ1v) is 8.32. The van der Waals surface area contributed by atoms with Crippen molar-refractivity contribution in [2.45, 2.75) is 25.7 Å². The number of amidine groups is 1. The fourth-order valence-corrected chi connectivity index (χ4v) is 2.96. The maximum Gasteiger partial charge on any atom is 0.344 e. The molecule has 0 spiro atoms. The maximum absolute atomic E-state index is 11.5. The highest BCUT2D eigenvalue weighted by atomic mass is 32.2. The molecule has 21 heavy (non-hydrogen) atoms. The number of anilines is 1. The minimum Gasteiger partial charge on any atom is -0.493 e. The van der Waals surface area contributed by atoms with Gasteiger partial charge in [-0.3, -0.25) is 4.72 Å². The van der Waals surface area contributed by atoms with E-state index in [4.69, 9.17) is 16.2 Å². The summed E-state index contributed by atoms with van der Waals surface area (Å²) in [5, 5.41) is 0. The van der Waals surface area contributed by atoms with Crippen LogP contribution in [-0.2, 0) is 10.2 Å². The van der Waals surface area contributed by atoms with Gasteiger partial charge in [0.1, 0.15) is 5.75 Å². The summed E-state index contributed by atoms with van der Waals surface area (Å²) in [6, 6.07) is 5.09. The van der Waals surface area contributed by atoms with Crippen LogP contribution in [0.25, 0.3) is 0 Å². The number of benzene rings is 1. The second-order valence-corrected chi connectivity index (χ2v) is 6.12. The van der Waals surface area contributed by atoms with Crippen LogP contribution in [0.3, 0.4) is 0 Å². The van der Waals surface area contributed by atoms with Crippen LogP contribution in [0.2, 0.25) is 0 Å². The summed E-state index contributed by atoms with van der Waals surface area (Å²) >= 11 is 0. The average Bonchev–Trinajstić information content (AvgIpc) is 2.41. The molecular formula is C13H20N4O3S. The molecule has 1 aliphatic rings. The van der Waals surface area contributed by atoms with Crippen LogP contribution < -0.4 is 20.9 Å². The first-order valence-electron chi connectivity index (χ1n) is 6.88. The zero-order valence-electron chi connectivity index (χ0n) is 11.7. The topological polar surface area (TPSA) is 120 Å². The van der Waals surface area contributed by atoms with Gasteiger partial charge in [-0.15, -0.1) is 4.40 Å². The van der Waals surface area contributed by atoms with E-state index in [0.29, 0.717) is 30.2 Å². The molecule has 0 aromatic heterocycles. The van der Waals surface area contributed by atoms with Crippen LogP contribution >= 0.6 is 0 Å². The summed E-state index contributed by atoms with van der Waals surface area (Å²) < 4.78 is 34.4. The molecule has 5 N–H and O–H groups in total. The molecule has 1 aliphatic heterocycles. The first-order chi connectivity index (χ1) is 10.0. The van der Waals surface area contributed by atoms with Crippen LogP contribution in [0.5, 0.6) is 5.75 Å². The predicted octanol–water partition coefficient (Wildman–Crippen LogP) is 0.960. The Morgan fingerprint density at radius 3 is 2.71 bits per heavy atom. The third kappa shape index (κ3) is 4.08. The number of nitrogens with two attached hydrogens (primary N) is 2. The van der Waals surface area contributed by atoms with E-state index >= 15 is 0 Å². The summed E-state index contributed by atoms with van der Waals surface area (Å²) in [5.41, 5.74) is 12.0. The van der Waals surface area contributed by atoms with Gasteiger partial charge in [-0.2, -0.15) is 8.42 Å². The standard InChI is InChI=1S/C13H20N4O3S/c14-8-3-1-2-4-9-20-11-7-5-6-10-12(11)13(15)17-21(18,19)16-10/h5-7,16H,1-4,8-9,14H2,(H2,15,17). The highest BCUT2D eigenvalue weighted by Crippen LogP contribution is 2.30. The molecule has 1 aromatic rings. The third-order valence-electron chi connectivity index (χ3n) is 3.10. The number of fused-ring (bicyclic) bond motifs is 1. The van der Waals surface area contributed by atoms with Crippen LogP contribution in [0.1, 0.15) is 31.2 Å². The third-order valence-corrected chi connectivity index (χ3v) is 4.01. The molecule has 0 aliphatic carbocycles. The Labute approximate surface area is 124 Å². The van der Waals surface area contributed by atoms with E-state index in [1.807, 2.05) is 0 Å². The number of hydrogen-bond donors (Lipinski definition) is 3. The van der Waals surface area contributed by atoms with Crippen molar-refractivity contribution < 1.29 is 13.2 Å². The number of rotatable bonds is 7. The van der Waals surface area contributed by atoms with Gasteiger partial charge in [0.2, 0.25) is 0 Å². The summed E-state index contributed by atoms with van der Waals surface area (Å²) in [6.07, 6.45) is 4.05. The molecule has 0 bridgehead atoms. The molecule has 8 heteroatoms. The fraction of sp³-hybridized carbons (Fsp3) is 0.462. The van der Waals surface area contributed by atoms with Crippen molar-refractivity contribution >= 4 is 21.7 Å². The van der Waals surface area contributed by atoms with Crippen LogP contribution in [0.4, 0.5) is 5.69 Å². The number of nitrogens with one attached hydrogen (secondary N) is 1. The number of hydrogen-bond acceptors (Lipinski definition) is 5. The Bertz CT molecular complexity index is 628. The minimum absolute atomic E-state index is 0.0533. The first kappa shape index (κ1) is 15.6. The van der Waals surface area contributed by atoms with Gasteiger partial charge in [0.15, 0.2) is 5.84 Å². The zero-order valence-corrected chi connectivity index (χ0v) is 12.5. The number of unbranched alkanes of at least 4 members (excludes halogenated alkanes) is 3. The molecule has 1 heterocycles. The highest BCUT2D eigenvalue weighted by molar-refractivity contribution is 7.91. The smallest absolute Gasteiger partial charge is 0.344 e. The van der Waals surface area contributed by atoms with Gasteiger partial charge < -0.3 is 16.2 Å². The Hall–Kier alpha value is -1.80. The Kier molecular flexibility index (Phi) is 5.03. The lowest BCUT2D eigenvalue weighted by atomic mass is 10.1. The van der Waals surface area contributed by atoms with Gasteiger partial charge in [0.05, 0.1) is 17.9 Å². The second-order valence-electron chi connectivity index (χ2n) is 4.78. The molecule has 7 nitrogen and oxygen atoms in total. The summed E-state index contributed by atoms with van der Waals surface area (Å²) in [7, 11) is -3.75. The van der Waals surface area contributed by atoms with Crippen molar-refractivity contribution in [2.24, 2.45) is 15.9 Å². The molecule has 0 radical (unpaired) electrons. The van der Waals surface area contributed by atoms with E-state index in [-0.39, 0.29) is 5.84 Å². The Morgan fingerprint density at radius 1 is 1.19 bits per heavy atom. The summed E-state index contributed by atoms with van der Waals surface area (Å²) in [4.78, 5) is 0. The van der Waals surface area contributed by atoms with Crippen LogP contribution in [0, 0.1) is 0 Å². The SMILES string of the molecule is NCCCCCCOc1cccc2c1C(N)=NS(=O)(=O)N2. The molecule has 2 rings (SSSR count).